The van der Waals surface area contributed by atoms with Gasteiger partial charge in [0.25, 0.3) is 5.91 Å². The first-order valence-electron chi connectivity index (χ1n) is 8.00. The van der Waals surface area contributed by atoms with E-state index in [2.05, 4.69) is 11.4 Å². The van der Waals surface area contributed by atoms with Crippen LogP contribution in [0.25, 0.3) is 0 Å². The van der Waals surface area contributed by atoms with Gasteiger partial charge in [0.1, 0.15) is 0 Å². The Hall–Kier alpha value is -2.13. The zero-order chi connectivity index (χ0) is 16.8. The van der Waals surface area contributed by atoms with E-state index in [4.69, 9.17) is 4.74 Å². The van der Waals surface area contributed by atoms with Crippen molar-refractivity contribution in [1.82, 2.24) is 5.32 Å². The van der Waals surface area contributed by atoms with Crippen molar-refractivity contribution >= 4 is 5.91 Å². The molecule has 0 fully saturated rings. The summed E-state index contributed by atoms with van der Waals surface area (Å²) in [6, 6.07) is 13.9. The van der Waals surface area contributed by atoms with E-state index < -0.39 is 0 Å². The van der Waals surface area contributed by atoms with Crippen molar-refractivity contribution in [3.63, 3.8) is 0 Å². The summed E-state index contributed by atoms with van der Waals surface area (Å²) in [7, 11) is 0. The Kier molecular flexibility index (Phi) is 5.94. The molecule has 0 aromatic heterocycles. The molecular weight excluding hydrogens is 286 g/mol. The van der Waals surface area contributed by atoms with Crippen molar-refractivity contribution in [1.29, 1.82) is 0 Å². The molecule has 2 aromatic carbocycles. The Balaban J connectivity index is 2.04. The van der Waals surface area contributed by atoms with E-state index in [1.807, 2.05) is 64.1 Å². The number of hydrogen-bond donors (Lipinski definition) is 1. The Labute approximate surface area is 138 Å². The lowest BCUT2D eigenvalue weighted by molar-refractivity contribution is 0.0651. The Bertz CT molecular complexity index is 657. The smallest absolute Gasteiger partial charge is 0.251 e. The minimum atomic E-state index is -0.0450. The Morgan fingerprint density at radius 2 is 1.65 bits per heavy atom. The molecule has 2 aromatic rings. The monoisotopic (exact) mass is 311 g/mol. The van der Waals surface area contributed by atoms with Gasteiger partial charge in [-0.3, -0.25) is 4.79 Å². The first kappa shape index (κ1) is 17.2. The van der Waals surface area contributed by atoms with E-state index in [-0.39, 0.29) is 12.0 Å². The van der Waals surface area contributed by atoms with Crippen LogP contribution < -0.4 is 5.32 Å². The van der Waals surface area contributed by atoms with Crippen LogP contribution in [0.2, 0.25) is 0 Å². The van der Waals surface area contributed by atoms with Crippen molar-refractivity contribution in [2.45, 2.75) is 47.0 Å². The third-order valence-corrected chi connectivity index (χ3v) is 3.61. The van der Waals surface area contributed by atoms with Crippen molar-refractivity contribution in [2.75, 3.05) is 0 Å². The number of ether oxygens (including phenoxy) is 1. The second kappa shape index (κ2) is 7.93. The zero-order valence-electron chi connectivity index (χ0n) is 14.3. The summed E-state index contributed by atoms with van der Waals surface area (Å²) in [5.74, 6) is -0.0450. The highest BCUT2D eigenvalue weighted by Gasteiger charge is 2.08. The molecule has 2 rings (SSSR count). The van der Waals surface area contributed by atoms with E-state index in [0.717, 1.165) is 22.3 Å². The number of amides is 1. The van der Waals surface area contributed by atoms with Crippen LogP contribution in [0.4, 0.5) is 0 Å². The predicted octanol–water partition coefficient (Wildman–Crippen LogP) is 4.16. The summed E-state index contributed by atoms with van der Waals surface area (Å²) >= 11 is 0. The maximum absolute atomic E-state index is 12.4. The average Bonchev–Trinajstić information content (AvgIpc) is 2.50. The minimum absolute atomic E-state index is 0.0450. The van der Waals surface area contributed by atoms with Crippen LogP contribution in [0.1, 0.15) is 46.5 Å². The third-order valence-electron chi connectivity index (χ3n) is 3.61. The number of rotatable bonds is 6. The Morgan fingerprint density at radius 1 is 1.04 bits per heavy atom. The lowest BCUT2D eigenvalue weighted by Gasteiger charge is -2.13. The summed E-state index contributed by atoms with van der Waals surface area (Å²) in [4.78, 5) is 12.4. The van der Waals surface area contributed by atoms with Gasteiger partial charge < -0.3 is 10.1 Å². The van der Waals surface area contributed by atoms with E-state index in [0.29, 0.717) is 18.7 Å². The normalized spacial score (nSPS) is 10.8. The number of benzene rings is 2. The van der Waals surface area contributed by atoms with Crippen molar-refractivity contribution in [3.05, 3.63) is 70.3 Å². The fourth-order valence-electron chi connectivity index (χ4n) is 2.51. The molecule has 0 atom stereocenters. The molecule has 23 heavy (non-hydrogen) atoms. The molecule has 3 nitrogen and oxygen atoms in total. The molecule has 0 saturated heterocycles. The fourth-order valence-corrected chi connectivity index (χ4v) is 2.51. The lowest BCUT2D eigenvalue weighted by Crippen LogP contribution is -2.23. The van der Waals surface area contributed by atoms with Crippen LogP contribution in [0.15, 0.2) is 42.5 Å². The number of nitrogens with one attached hydrogen (secondary N) is 1. The number of carbonyl (C=O) groups is 1. The molecule has 0 aliphatic heterocycles. The fraction of sp³-hybridized carbons (Fsp3) is 0.350. The molecule has 0 aliphatic rings. The standard InChI is InChI=1S/C20H25NO2/c1-14(2)23-13-18-8-6-5-7-17(18)12-21-20(22)19-10-15(3)9-16(4)11-19/h5-11,14H,12-13H2,1-4H3,(H,21,22). The van der Waals surface area contributed by atoms with Crippen molar-refractivity contribution in [3.8, 4) is 0 Å². The van der Waals surface area contributed by atoms with Crippen LogP contribution >= 0.6 is 0 Å². The van der Waals surface area contributed by atoms with Gasteiger partial charge in [-0.2, -0.15) is 0 Å². The van der Waals surface area contributed by atoms with E-state index in [1.165, 1.54) is 0 Å². The molecule has 1 amide bonds. The first-order valence-corrected chi connectivity index (χ1v) is 8.00. The maximum Gasteiger partial charge on any atom is 0.251 e. The van der Waals surface area contributed by atoms with E-state index in [1.54, 1.807) is 0 Å². The number of hydrogen-bond acceptors (Lipinski definition) is 2. The van der Waals surface area contributed by atoms with Crippen molar-refractivity contribution < 1.29 is 9.53 Å². The molecule has 0 bridgehead atoms. The van der Waals surface area contributed by atoms with Crippen LogP contribution in [0.3, 0.4) is 0 Å². The maximum atomic E-state index is 12.4. The molecule has 0 radical (unpaired) electrons. The van der Waals surface area contributed by atoms with Gasteiger partial charge >= 0.3 is 0 Å². The zero-order valence-corrected chi connectivity index (χ0v) is 14.3. The summed E-state index contributed by atoms with van der Waals surface area (Å²) in [6.07, 6.45) is 0.188. The SMILES string of the molecule is Cc1cc(C)cc(C(=O)NCc2ccccc2COC(C)C)c1. The van der Waals surface area contributed by atoms with Crippen LogP contribution in [0.5, 0.6) is 0 Å². The van der Waals surface area contributed by atoms with Crippen LogP contribution in [0, 0.1) is 13.8 Å². The highest BCUT2D eigenvalue weighted by molar-refractivity contribution is 5.94. The second-order valence-electron chi connectivity index (χ2n) is 6.19. The molecular formula is C20H25NO2. The quantitative estimate of drug-likeness (QED) is 0.870. The van der Waals surface area contributed by atoms with Crippen LogP contribution in [-0.2, 0) is 17.9 Å². The molecule has 1 N–H and O–H groups in total. The third kappa shape index (κ3) is 5.22. The van der Waals surface area contributed by atoms with Gasteiger partial charge in [-0.05, 0) is 51.0 Å². The minimum Gasteiger partial charge on any atom is -0.374 e. The topological polar surface area (TPSA) is 38.3 Å². The largest absolute Gasteiger partial charge is 0.374 e. The Morgan fingerprint density at radius 3 is 2.26 bits per heavy atom. The van der Waals surface area contributed by atoms with Gasteiger partial charge in [0.15, 0.2) is 0 Å². The van der Waals surface area contributed by atoms with Gasteiger partial charge in [-0.1, -0.05) is 41.5 Å². The average molecular weight is 311 g/mol. The van der Waals surface area contributed by atoms with Gasteiger partial charge in [0.05, 0.1) is 12.7 Å². The summed E-state index contributed by atoms with van der Waals surface area (Å²) in [6.45, 7) is 9.11. The van der Waals surface area contributed by atoms with Gasteiger partial charge in [-0.25, -0.2) is 0 Å². The molecule has 3 heteroatoms. The van der Waals surface area contributed by atoms with Gasteiger partial charge in [-0.15, -0.1) is 0 Å². The number of aryl methyl sites for hydroxylation is 2. The summed E-state index contributed by atoms with van der Waals surface area (Å²) < 4.78 is 5.68. The highest BCUT2D eigenvalue weighted by Crippen LogP contribution is 2.13. The molecule has 0 heterocycles. The number of carbonyl (C=O) groups excluding carboxylic acids is 1. The first-order chi connectivity index (χ1) is 11.0. The molecule has 0 unspecified atom stereocenters. The van der Waals surface area contributed by atoms with Gasteiger partial charge in [0, 0.05) is 12.1 Å². The molecule has 0 spiro atoms. The summed E-state index contributed by atoms with van der Waals surface area (Å²) in [5.41, 5.74) is 5.10. The van der Waals surface area contributed by atoms with Gasteiger partial charge in [0.2, 0.25) is 0 Å². The van der Waals surface area contributed by atoms with E-state index >= 15 is 0 Å². The summed E-state index contributed by atoms with van der Waals surface area (Å²) in [5, 5.41) is 3.00. The molecule has 0 aliphatic carbocycles. The predicted molar refractivity (Wildman–Crippen MR) is 93.5 cm³/mol. The lowest BCUT2D eigenvalue weighted by atomic mass is 10.1. The van der Waals surface area contributed by atoms with Crippen molar-refractivity contribution in [2.24, 2.45) is 0 Å². The molecule has 122 valence electrons. The van der Waals surface area contributed by atoms with Crippen LogP contribution in [-0.4, -0.2) is 12.0 Å². The highest BCUT2D eigenvalue weighted by atomic mass is 16.5. The van der Waals surface area contributed by atoms with E-state index in [9.17, 15) is 4.79 Å². The molecule has 0 saturated carbocycles. The second-order valence-corrected chi connectivity index (χ2v) is 6.19.